The number of rotatable bonds is 0. The van der Waals surface area contributed by atoms with Crippen molar-refractivity contribution in [2.45, 2.75) is 38.0 Å². The van der Waals surface area contributed by atoms with Gasteiger partial charge in [-0.1, -0.05) is 27.7 Å². The second kappa shape index (κ2) is 1.94. The van der Waals surface area contributed by atoms with Gasteiger partial charge in [0.1, 0.15) is 13.5 Å². The summed E-state index contributed by atoms with van der Waals surface area (Å²) in [5.41, 5.74) is 0. The van der Waals surface area contributed by atoms with E-state index >= 15 is 0 Å². The number of hydrogen-bond acceptors (Lipinski definition) is 0. The van der Waals surface area contributed by atoms with Crippen LogP contribution in [0.5, 0.6) is 0 Å². The van der Waals surface area contributed by atoms with Crippen molar-refractivity contribution in [3.05, 3.63) is 6.92 Å². The minimum absolute atomic E-state index is 0.304. The van der Waals surface area contributed by atoms with Gasteiger partial charge in [-0.05, 0) is 0 Å². The van der Waals surface area contributed by atoms with E-state index in [0.717, 1.165) is 0 Å². The molecule has 0 atom stereocenters. The van der Waals surface area contributed by atoms with Crippen molar-refractivity contribution in [2.24, 2.45) is 5.92 Å². The smallest absolute Gasteiger partial charge is 0.112 e. The van der Waals surface area contributed by atoms with Crippen LogP contribution in [0, 0.1) is 12.8 Å². The van der Waals surface area contributed by atoms with E-state index in [1.54, 1.807) is 0 Å². The van der Waals surface area contributed by atoms with E-state index in [9.17, 15) is 0 Å². The maximum atomic E-state index is 6.05. The van der Waals surface area contributed by atoms with Crippen LogP contribution in [0.3, 0.4) is 0 Å². The summed E-state index contributed by atoms with van der Waals surface area (Å²) in [5.74, 6) is 0.524. The standard InChI is InChI=1S/C8H15BP/c1-6-7(2,3)10(9)8(6,4)5/h6H,1H2,2-5H3/q+1. The van der Waals surface area contributed by atoms with Crippen LogP contribution in [-0.2, 0) is 0 Å². The van der Waals surface area contributed by atoms with Gasteiger partial charge in [0.15, 0.2) is 0 Å². The maximum absolute atomic E-state index is 6.05. The van der Waals surface area contributed by atoms with Gasteiger partial charge >= 0.3 is 0 Å². The van der Waals surface area contributed by atoms with Gasteiger partial charge < -0.3 is 0 Å². The fraction of sp³-hybridized carbons (Fsp3) is 0.875. The highest BCUT2D eigenvalue weighted by Gasteiger charge is 2.60. The molecular weight excluding hydrogens is 138 g/mol. The lowest BCUT2D eigenvalue weighted by atomic mass is 9.83. The summed E-state index contributed by atoms with van der Waals surface area (Å²) in [6, 6.07) is 0. The fourth-order valence-electron chi connectivity index (χ4n) is 1.88. The minimum Gasteiger partial charge on any atom is -0.136 e. The molecule has 1 aliphatic rings. The van der Waals surface area contributed by atoms with Crippen LogP contribution in [0.1, 0.15) is 27.7 Å². The van der Waals surface area contributed by atoms with Crippen molar-refractivity contribution >= 4 is 15.4 Å². The van der Waals surface area contributed by atoms with Crippen LogP contribution in [0.4, 0.5) is 0 Å². The van der Waals surface area contributed by atoms with E-state index in [0.29, 0.717) is 16.2 Å². The molecule has 1 saturated heterocycles. The van der Waals surface area contributed by atoms with Gasteiger partial charge in [0.05, 0.1) is 6.92 Å². The van der Waals surface area contributed by atoms with Crippen molar-refractivity contribution in [1.82, 2.24) is 0 Å². The first-order chi connectivity index (χ1) is 4.31. The SMILES string of the molecule is [B]P1C(C)(C)C([CH2+])C1(C)C. The van der Waals surface area contributed by atoms with Crippen molar-refractivity contribution in [2.75, 3.05) is 0 Å². The van der Waals surface area contributed by atoms with Crippen molar-refractivity contribution < 1.29 is 0 Å². The zero-order valence-corrected chi connectivity index (χ0v) is 8.20. The van der Waals surface area contributed by atoms with Gasteiger partial charge in [-0.2, -0.15) is 0 Å². The van der Waals surface area contributed by atoms with E-state index < -0.39 is 0 Å². The third kappa shape index (κ3) is 0.764. The second-order valence-corrected chi connectivity index (χ2v) is 7.28. The topological polar surface area (TPSA) is 0 Å². The maximum Gasteiger partial charge on any atom is 0.112 e. The average molecular weight is 153 g/mol. The van der Waals surface area contributed by atoms with Crippen molar-refractivity contribution in [3.63, 3.8) is 0 Å². The van der Waals surface area contributed by atoms with Crippen molar-refractivity contribution in [1.29, 1.82) is 0 Å². The molecule has 0 aromatic heterocycles. The molecule has 0 aromatic rings. The molecule has 1 fully saturated rings. The average Bonchev–Trinajstić information content (AvgIpc) is 1.84. The first kappa shape index (κ1) is 8.46. The fourth-order valence-corrected chi connectivity index (χ4v) is 4.48. The lowest BCUT2D eigenvalue weighted by molar-refractivity contribution is 0.346. The summed E-state index contributed by atoms with van der Waals surface area (Å²) in [4.78, 5) is 0. The molecule has 0 aliphatic carbocycles. The molecule has 2 radical (unpaired) electrons. The molecule has 1 rings (SSSR count). The van der Waals surface area contributed by atoms with Gasteiger partial charge in [0.25, 0.3) is 0 Å². The molecule has 1 heterocycles. The van der Waals surface area contributed by atoms with Crippen molar-refractivity contribution in [3.8, 4) is 0 Å². The Morgan fingerprint density at radius 2 is 1.50 bits per heavy atom. The highest BCUT2D eigenvalue weighted by molar-refractivity contribution is 7.86. The molecule has 0 N–H and O–H groups in total. The van der Waals surface area contributed by atoms with Crippen LogP contribution >= 0.6 is 7.80 Å². The summed E-state index contributed by atoms with van der Waals surface area (Å²) in [6.07, 6.45) is 0. The molecule has 1 aliphatic heterocycles. The Morgan fingerprint density at radius 3 is 1.60 bits per heavy atom. The Labute approximate surface area is 66.9 Å². The molecule has 0 amide bonds. The zero-order valence-electron chi connectivity index (χ0n) is 7.31. The monoisotopic (exact) mass is 153 g/mol. The Hall–Kier alpha value is 0.365. The number of hydrogen-bond donors (Lipinski definition) is 0. The Kier molecular flexibility index (Phi) is 1.64. The molecule has 0 nitrogen and oxygen atoms in total. The molecule has 0 aromatic carbocycles. The van der Waals surface area contributed by atoms with E-state index in [1.807, 2.05) is 0 Å². The quantitative estimate of drug-likeness (QED) is 0.285. The lowest BCUT2D eigenvalue weighted by Gasteiger charge is -2.59. The lowest BCUT2D eigenvalue weighted by Crippen LogP contribution is -2.55. The van der Waals surface area contributed by atoms with E-state index in [4.69, 9.17) is 7.57 Å². The Morgan fingerprint density at radius 1 is 1.20 bits per heavy atom. The third-order valence-corrected chi connectivity index (χ3v) is 6.05. The summed E-state index contributed by atoms with van der Waals surface area (Å²) < 4.78 is 0. The molecule has 0 saturated carbocycles. The predicted molar refractivity (Wildman–Crippen MR) is 49.7 cm³/mol. The molecule has 0 bridgehead atoms. The highest BCUT2D eigenvalue weighted by atomic mass is 31.1. The largest absolute Gasteiger partial charge is 0.136 e. The van der Waals surface area contributed by atoms with E-state index in [-0.39, 0.29) is 7.80 Å². The molecule has 0 spiro atoms. The Balaban J connectivity index is 2.78. The second-order valence-electron chi connectivity index (χ2n) is 4.23. The Bertz CT molecular complexity index is 121. The molecule has 2 heteroatoms. The van der Waals surface area contributed by atoms with Crippen LogP contribution < -0.4 is 0 Å². The summed E-state index contributed by atoms with van der Waals surface area (Å²) in [7, 11) is 5.74. The zero-order chi connectivity index (χ0) is 8.15. The summed E-state index contributed by atoms with van der Waals surface area (Å²) >= 11 is 0. The molecule has 0 unspecified atom stereocenters. The molecule has 10 heavy (non-hydrogen) atoms. The third-order valence-electron chi connectivity index (χ3n) is 2.95. The van der Waals surface area contributed by atoms with Gasteiger partial charge in [0, 0.05) is 10.3 Å². The summed E-state index contributed by atoms with van der Waals surface area (Å²) in [6.45, 7) is 13.0. The van der Waals surface area contributed by atoms with E-state index in [1.165, 1.54) is 0 Å². The first-order valence-electron chi connectivity index (χ1n) is 3.69. The predicted octanol–water partition coefficient (Wildman–Crippen LogP) is 2.57. The van der Waals surface area contributed by atoms with Gasteiger partial charge in [-0.15, -0.1) is 7.80 Å². The summed E-state index contributed by atoms with van der Waals surface area (Å²) in [5, 5.41) is 0.609. The van der Waals surface area contributed by atoms with Crippen LogP contribution in [-0.4, -0.2) is 17.9 Å². The van der Waals surface area contributed by atoms with Crippen LogP contribution in [0.2, 0.25) is 0 Å². The van der Waals surface area contributed by atoms with E-state index in [2.05, 4.69) is 34.6 Å². The minimum atomic E-state index is -0.306. The highest BCUT2D eigenvalue weighted by Crippen LogP contribution is 2.73. The van der Waals surface area contributed by atoms with Gasteiger partial charge in [0.2, 0.25) is 0 Å². The molecular formula is C8H15BP+. The normalized spacial score (nSPS) is 42.4. The van der Waals surface area contributed by atoms with Gasteiger partial charge in [-0.3, -0.25) is 0 Å². The van der Waals surface area contributed by atoms with Crippen LogP contribution in [0.25, 0.3) is 0 Å². The molecule has 54 valence electrons. The van der Waals surface area contributed by atoms with Crippen LogP contribution in [0.15, 0.2) is 0 Å². The first-order valence-corrected chi connectivity index (χ1v) is 5.10. The van der Waals surface area contributed by atoms with Gasteiger partial charge in [-0.25, -0.2) is 0 Å².